The first-order valence-corrected chi connectivity index (χ1v) is 7.79. The van der Waals surface area contributed by atoms with E-state index in [1.807, 2.05) is 39.2 Å². The normalized spacial score (nSPS) is 11.8. The second kappa shape index (κ2) is 7.79. The Labute approximate surface area is 138 Å². The van der Waals surface area contributed by atoms with Crippen LogP contribution in [0.2, 0.25) is 0 Å². The highest BCUT2D eigenvalue weighted by molar-refractivity contribution is 5.87. The molecule has 0 heterocycles. The Bertz CT molecular complexity index is 679. The summed E-state index contributed by atoms with van der Waals surface area (Å²) in [6.45, 7) is 2.79. The first-order chi connectivity index (χ1) is 11.0. The van der Waals surface area contributed by atoms with Gasteiger partial charge in [0.05, 0.1) is 18.6 Å². The standard InChI is InChI=1S/C19H25N3O/c1-5-19(20)21-17-11-15(13-22(2)3)18(23-4)12-16(17)14-9-7-6-8-10-14/h6-12H,5,13H2,1-4H3,(H2,20,21). The summed E-state index contributed by atoms with van der Waals surface area (Å²) in [7, 11) is 5.77. The van der Waals surface area contributed by atoms with Gasteiger partial charge in [0.2, 0.25) is 0 Å². The molecule has 0 radical (unpaired) electrons. The number of nitrogens with two attached hydrogens (primary N) is 1. The van der Waals surface area contributed by atoms with Crippen molar-refractivity contribution in [1.29, 1.82) is 0 Å². The van der Waals surface area contributed by atoms with Crippen molar-refractivity contribution >= 4 is 11.5 Å². The number of methoxy groups -OCH3 is 1. The van der Waals surface area contributed by atoms with E-state index < -0.39 is 0 Å². The first kappa shape index (κ1) is 17.0. The van der Waals surface area contributed by atoms with Crippen LogP contribution < -0.4 is 10.5 Å². The predicted octanol–water partition coefficient (Wildman–Crippen LogP) is 3.82. The highest BCUT2D eigenvalue weighted by Gasteiger charge is 2.13. The van der Waals surface area contributed by atoms with Crippen molar-refractivity contribution in [3.8, 4) is 16.9 Å². The Morgan fingerprint density at radius 1 is 1.17 bits per heavy atom. The second-order valence-corrected chi connectivity index (χ2v) is 5.74. The van der Waals surface area contributed by atoms with Crippen molar-refractivity contribution < 1.29 is 4.74 Å². The molecule has 0 unspecified atom stereocenters. The van der Waals surface area contributed by atoms with Crippen LogP contribution in [0.1, 0.15) is 18.9 Å². The number of hydrogen-bond donors (Lipinski definition) is 1. The third-order valence-electron chi connectivity index (χ3n) is 3.60. The molecule has 0 aliphatic carbocycles. The van der Waals surface area contributed by atoms with Crippen molar-refractivity contribution in [1.82, 2.24) is 4.90 Å². The molecule has 2 aromatic carbocycles. The van der Waals surface area contributed by atoms with E-state index in [4.69, 9.17) is 10.5 Å². The quantitative estimate of drug-likeness (QED) is 0.651. The summed E-state index contributed by atoms with van der Waals surface area (Å²) in [5.41, 5.74) is 10.1. The van der Waals surface area contributed by atoms with Crippen LogP contribution >= 0.6 is 0 Å². The molecule has 0 spiro atoms. The summed E-state index contributed by atoms with van der Waals surface area (Å²) in [6.07, 6.45) is 0.725. The average Bonchev–Trinajstić information content (AvgIpc) is 2.55. The Morgan fingerprint density at radius 3 is 2.43 bits per heavy atom. The molecule has 2 aromatic rings. The minimum Gasteiger partial charge on any atom is -0.496 e. The molecule has 2 rings (SSSR count). The maximum atomic E-state index is 5.98. The monoisotopic (exact) mass is 311 g/mol. The van der Waals surface area contributed by atoms with Gasteiger partial charge in [-0.05, 0) is 31.8 Å². The zero-order valence-electron chi connectivity index (χ0n) is 14.3. The Morgan fingerprint density at radius 2 is 1.87 bits per heavy atom. The fourth-order valence-electron chi connectivity index (χ4n) is 2.44. The molecule has 122 valence electrons. The van der Waals surface area contributed by atoms with Gasteiger partial charge in [-0.1, -0.05) is 37.3 Å². The van der Waals surface area contributed by atoms with E-state index in [0.717, 1.165) is 41.1 Å². The first-order valence-electron chi connectivity index (χ1n) is 7.79. The third-order valence-corrected chi connectivity index (χ3v) is 3.60. The Balaban J connectivity index is 2.63. The summed E-state index contributed by atoms with van der Waals surface area (Å²) in [5, 5.41) is 0. The van der Waals surface area contributed by atoms with E-state index in [-0.39, 0.29) is 0 Å². The van der Waals surface area contributed by atoms with Gasteiger partial charge in [0.1, 0.15) is 5.75 Å². The van der Waals surface area contributed by atoms with Crippen molar-refractivity contribution in [2.45, 2.75) is 19.9 Å². The molecule has 2 N–H and O–H groups in total. The minimum absolute atomic E-state index is 0.628. The van der Waals surface area contributed by atoms with E-state index in [1.54, 1.807) is 7.11 Å². The topological polar surface area (TPSA) is 50.8 Å². The van der Waals surface area contributed by atoms with E-state index in [1.165, 1.54) is 0 Å². The van der Waals surface area contributed by atoms with Gasteiger partial charge in [0.25, 0.3) is 0 Å². The molecule has 4 heteroatoms. The van der Waals surface area contributed by atoms with Gasteiger partial charge in [-0.2, -0.15) is 0 Å². The molecule has 0 saturated heterocycles. The molecule has 0 bridgehead atoms. The summed E-state index contributed by atoms with van der Waals surface area (Å²) in [6, 6.07) is 14.3. The number of amidine groups is 1. The number of nitrogens with zero attached hydrogens (tertiary/aromatic N) is 2. The largest absolute Gasteiger partial charge is 0.496 e. The number of benzene rings is 2. The zero-order chi connectivity index (χ0) is 16.8. The van der Waals surface area contributed by atoms with Crippen molar-refractivity contribution in [3.05, 3.63) is 48.0 Å². The van der Waals surface area contributed by atoms with Crippen LogP contribution in [-0.2, 0) is 6.54 Å². The van der Waals surface area contributed by atoms with Crippen molar-refractivity contribution in [3.63, 3.8) is 0 Å². The van der Waals surface area contributed by atoms with E-state index in [0.29, 0.717) is 5.84 Å². The van der Waals surface area contributed by atoms with Crippen molar-refractivity contribution in [2.24, 2.45) is 10.7 Å². The average molecular weight is 311 g/mol. The van der Waals surface area contributed by atoms with Crippen LogP contribution in [-0.4, -0.2) is 31.9 Å². The molecular formula is C19H25N3O. The van der Waals surface area contributed by atoms with E-state index in [9.17, 15) is 0 Å². The minimum atomic E-state index is 0.628. The molecule has 0 atom stereocenters. The lowest BCUT2D eigenvalue weighted by Gasteiger charge is -2.17. The van der Waals surface area contributed by atoms with Crippen molar-refractivity contribution in [2.75, 3.05) is 21.2 Å². The number of ether oxygens (including phenoxy) is 1. The molecule has 0 aromatic heterocycles. The van der Waals surface area contributed by atoms with Gasteiger partial charge in [-0.3, -0.25) is 0 Å². The molecule has 23 heavy (non-hydrogen) atoms. The lowest BCUT2D eigenvalue weighted by Crippen LogP contribution is -2.12. The maximum Gasteiger partial charge on any atom is 0.124 e. The molecule has 0 aliphatic heterocycles. The van der Waals surface area contributed by atoms with Gasteiger partial charge in [-0.25, -0.2) is 4.99 Å². The predicted molar refractivity (Wildman–Crippen MR) is 97.4 cm³/mol. The second-order valence-electron chi connectivity index (χ2n) is 5.74. The summed E-state index contributed by atoms with van der Waals surface area (Å²) in [5.74, 6) is 1.50. The summed E-state index contributed by atoms with van der Waals surface area (Å²) < 4.78 is 5.59. The molecule has 4 nitrogen and oxygen atoms in total. The molecular weight excluding hydrogens is 286 g/mol. The number of hydrogen-bond acceptors (Lipinski definition) is 3. The van der Waals surface area contributed by atoms with Gasteiger partial charge < -0.3 is 15.4 Å². The molecule has 0 amide bonds. The smallest absolute Gasteiger partial charge is 0.124 e. The maximum absolute atomic E-state index is 5.98. The third kappa shape index (κ3) is 4.33. The molecule has 0 aliphatic rings. The highest BCUT2D eigenvalue weighted by atomic mass is 16.5. The van der Waals surface area contributed by atoms with Crippen LogP contribution in [0, 0.1) is 0 Å². The SMILES string of the molecule is CCC(N)=Nc1cc(CN(C)C)c(OC)cc1-c1ccccc1. The lowest BCUT2D eigenvalue weighted by atomic mass is 10.0. The number of aliphatic imine (C=N–C) groups is 1. The van der Waals surface area contributed by atoms with Crippen LogP contribution in [0.5, 0.6) is 5.75 Å². The van der Waals surface area contributed by atoms with Crippen LogP contribution in [0.4, 0.5) is 5.69 Å². The van der Waals surface area contributed by atoms with Gasteiger partial charge in [0.15, 0.2) is 0 Å². The van der Waals surface area contributed by atoms with Gasteiger partial charge >= 0.3 is 0 Å². The van der Waals surface area contributed by atoms with E-state index in [2.05, 4.69) is 34.2 Å². The number of rotatable bonds is 6. The van der Waals surface area contributed by atoms with Crippen LogP contribution in [0.25, 0.3) is 11.1 Å². The summed E-state index contributed by atoms with van der Waals surface area (Å²) in [4.78, 5) is 6.73. The van der Waals surface area contributed by atoms with Crippen LogP contribution in [0.15, 0.2) is 47.5 Å². The van der Waals surface area contributed by atoms with Crippen LogP contribution in [0.3, 0.4) is 0 Å². The Kier molecular flexibility index (Phi) is 5.77. The van der Waals surface area contributed by atoms with E-state index >= 15 is 0 Å². The van der Waals surface area contributed by atoms with Gasteiger partial charge in [-0.15, -0.1) is 0 Å². The molecule has 0 saturated carbocycles. The fraction of sp³-hybridized carbons (Fsp3) is 0.316. The molecule has 0 fully saturated rings. The lowest BCUT2D eigenvalue weighted by molar-refractivity contribution is 0.372. The fourth-order valence-corrected chi connectivity index (χ4v) is 2.44. The summed E-state index contributed by atoms with van der Waals surface area (Å²) >= 11 is 0. The highest BCUT2D eigenvalue weighted by Crippen LogP contribution is 2.36. The Hall–Kier alpha value is -2.33. The zero-order valence-corrected chi connectivity index (χ0v) is 14.3. The van der Waals surface area contributed by atoms with Gasteiger partial charge in [0, 0.05) is 24.1 Å².